The van der Waals surface area contributed by atoms with Gasteiger partial charge in [-0.1, -0.05) is 12.1 Å². The number of ether oxygens (including phenoxy) is 1. The van der Waals surface area contributed by atoms with Crippen LogP contribution < -0.4 is 39.4 Å². The van der Waals surface area contributed by atoms with E-state index in [9.17, 15) is 13.5 Å². The Hall–Kier alpha value is -1.01. The predicted octanol–water partition coefficient (Wildman–Crippen LogP) is -0.616. The zero-order valence-corrected chi connectivity index (χ0v) is 15.1. The van der Waals surface area contributed by atoms with Crippen LogP contribution in [0.15, 0.2) is 58.3 Å². The van der Waals surface area contributed by atoms with Crippen LogP contribution in [0.3, 0.4) is 0 Å². The normalized spacial score (nSPS) is 11.0. The summed E-state index contributed by atoms with van der Waals surface area (Å²) in [6.07, 6.45) is 0.0297. The van der Waals surface area contributed by atoms with Gasteiger partial charge in [0.25, 0.3) is 0 Å². The van der Waals surface area contributed by atoms with Crippen LogP contribution in [0, 0.1) is 0 Å². The van der Waals surface area contributed by atoms with Crippen molar-refractivity contribution in [3.8, 4) is 11.5 Å². The fraction of sp³-hybridized carbons (Fsp3) is 0.200. The summed E-state index contributed by atoms with van der Waals surface area (Å²) >= 11 is 0. The van der Waals surface area contributed by atoms with Crippen LogP contribution in [0.4, 0.5) is 0 Å². The molecule has 0 aromatic heterocycles. The van der Waals surface area contributed by atoms with Crippen LogP contribution in [0.1, 0.15) is 13.8 Å². The van der Waals surface area contributed by atoms with E-state index in [1.54, 1.807) is 12.1 Å². The molecule has 0 aliphatic carbocycles. The molecule has 0 amide bonds. The molecule has 0 N–H and O–H groups in total. The smallest absolute Gasteiger partial charge is 0.872 e. The maximum absolute atomic E-state index is 12.3. The first-order valence-corrected chi connectivity index (χ1v) is 7.67. The van der Waals surface area contributed by atoms with Crippen LogP contribution in [-0.2, 0) is 9.84 Å². The average Bonchev–Trinajstić information content (AvgIpc) is 2.39. The van der Waals surface area contributed by atoms with Crippen LogP contribution >= 0.6 is 0 Å². The molecule has 0 heterocycles. The molecule has 21 heavy (non-hydrogen) atoms. The third kappa shape index (κ3) is 4.48. The molecule has 0 bridgehead atoms. The van der Waals surface area contributed by atoms with Crippen molar-refractivity contribution in [3.05, 3.63) is 48.5 Å². The van der Waals surface area contributed by atoms with Gasteiger partial charge in [-0.05, 0) is 50.2 Å². The molecule has 2 aromatic carbocycles. The molecule has 0 saturated heterocycles. The van der Waals surface area contributed by atoms with Crippen molar-refractivity contribution in [1.82, 2.24) is 0 Å². The quantitative estimate of drug-likeness (QED) is 0.706. The first-order chi connectivity index (χ1) is 9.39. The van der Waals surface area contributed by atoms with Gasteiger partial charge in [0.05, 0.1) is 15.9 Å². The Balaban J connectivity index is 0.00000220. The van der Waals surface area contributed by atoms with Gasteiger partial charge in [-0.3, -0.25) is 0 Å². The number of rotatable bonds is 4. The van der Waals surface area contributed by atoms with Gasteiger partial charge in [-0.2, -0.15) is 0 Å². The maximum atomic E-state index is 12.3. The van der Waals surface area contributed by atoms with Crippen molar-refractivity contribution in [3.63, 3.8) is 0 Å². The average molecular weight is 314 g/mol. The summed E-state index contributed by atoms with van der Waals surface area (Å²) in [5, 5.41) is 11.0. The molecule has 6 heteroatoms. The SMILES string of the molecule is CC(C)Oc1ccc(S(=O)(=O)c2ccc([O-])cc2)cc1.[Na+]. The van der Waals surface area contributed by atoms with Crippen LogP contribution in [0.25, 0.3) is 0 Å². The van der Waals surface area contributed by atoms with Crippen molar-refractivity contribution in [2.75, 3.05) is 0 Å². The van der Waals surface area contributed by atoms with E-state index in [-0.39, 0.29) is 51.2 Å². The number of sulfone groups is 1. The molecule has 0 radical (unpaired) electrons. The minimum absolute atomic E-state index is 0. The second-order valence-corrected chi connectivity index (χ2v) is 6.56. The van der Waals surface area contributed by atoms with E-state index < -0.39 is 9.84 Å². The predicted molar refractivity (Wildman–Crippen MR) is 73.5 cm³/mol. The van der Waals surface area contributed by atoms with Gasteiger partial charge in [0.1, 0.15) is 5.75 Å². The molecule has 0 atom stereocenters. The van der Waals surface area contributed by atoms with E-state index in [0.29, 0.717) is 5.75 Å². The van der Waals surface area contributed by atoms with Crippen molar-refractivity contribution >= 4 is 9.84 Å². The molecule has 0 fully saturated rings. The zero-order chi connectivity index (χ0) is 14.8. The Bertz CT molecular complexity index is 677. The van der Waals surface area contributed by atoms with Crippen molar-refractivity contribution < 1.29 is 47.8 Å². The molecule has 0 aliphatic heterocycles. The summed E-state index contributed by atoms with van der Waals surface area (Å²) in [5.74, 6) is 0.401. The van der Waals surface area contributed by atoms with Crippen molar-refractivity contribution in [1.29, 1.82) is 0 Å². The van der Waals surface area contributed by atoms with E-state index in [2.05, 4.69) is 0 Å². The summed E-state index contributed by atoms with van der Waals surface area (Å²) in [7, 11) is -3.60. The second kappa shape index (κ2) is 7.31. The fourth-order valence-corrected chi connectivity index (χ4v) is 2.99. The second-order valence-electron chi connectivity index (χ2n) is 4.61. The molecule has 0 spiro atoms. The molecule has 2 rings (SSSR count). The van der Waals surface area contributed by atoms with Gasteiger partial charge >= 0.3 is 29.6 Å². The van der Waals surface area contributed by atoms with Crippen molar-refractivity contribution in [2.24, 2.45) is 0 Å². The first-order valence-electron chi connectivity index (χ1n) is 6.18. The Kier molecular flexibility index (Phi) is 6.28. The summed E-state index contributed by atoms with van der Waals surface area (Å²) in [5.41, 5.74) is 0. The standard InChI is InChI=1S/C15H16O4S.Na/c1-11(2)19-13-5-9-15(10-6-13)20(17,18)14-7-3-12(16)4-8-14;/h3-11,16H,1-2H3;/q;+1/p-1. The molecule has 0 saturated carbocycles. The third-order valence-corrected chi connectivity index (χ3v) is 4.43. The van der Waals surface area contributed by atoms with Crippen LogP contribution in [-0.4, -0.2) is 14.5 Å². The number of hydrogen-bond donors (Lipinski definition) is 0. The minimum Gasteiger partial charge on any atom is -0.872 e. The third-order valence-electron chi connectivity index (χ3n) is 2.64. The Morgan fingerprint density at radius 2 is 1.33 bits per heavy atom. The maximum Gasteiger partial charge on any atom is 1.00 e. The summed E-state index contributed by atoms with van der Waals surface area (Å²) in [4.78, 5) is 0.280. The minimum atomic E-state index is -3.60. The van der Waals surface area contributed by atoms with Crippen molar-refractivity contribution in [2.45, 2.75) is 29.7 Å². The molecule has 0 unspecified atom stereocenters. The van der Waals surface area contributed by atoms with Gasteiger partial charge in [0.15, 0.2) is 0 Å². The molecule has 0 aliphatic rings. The van der Waals surface area contributed by atoms with E-state index in [1.165, 1.54) is 36.4 Å². The van der Waals surface area contributed by atoms with E-state index in [1.807, 2.05) is 13.8 Å². The molecule has 4 nitrogen and oxygen atoms in total. The van der Waals surface area contributed by atoms with E-state index in [4.69, 9.17) is 4.74 Å². The van der Waals surface area contributed by atoms with Crippen LogP contribution in [0.5, 0.6) is 11.5 Å². The van der Waals surface area contributed by atoms with Gasteiger partial charge < -0.3 is 9.84 Å². The summed E-state index contributed by atoms with van der Waals surface area (Å²) in [6, 6.07) is 11.3. The Morgan fingerprint density at radius 1 is 0.905 bits per heavy atom. The fourth-order valence-electron chi connectivity index (χ4n) is 1.72. The Labute approximate surface area is 147 Å². The van der Waals surface area contributed by atoms with Gasteiger partial charge in [-0.25, -0.2) is 8.42 Å². The van der Waals surface area contributed by atoms with Gasteiger partial charge in [0, 0.05) is 0 Å². The summed E-state index contributed by atoms with van der Waals surface area (Å²) < 4.78 is 30.1. The zero-order valence-electron chi connectivity index (χ0n) is 12.2. The van der Waals surface area contributed by atoms with Gasteiger partial charge in [-0.15, -0.1) is 5.75 Å². The Morgan fingerprint density at radius 3 is 1.76 bits per heavy atom. The molecule has 2 aromatic rings. The van der Waals surface area contributed by atoms with E-state index in [0.717, 1.165) is 0 Å². The summed E-state index contributed by atoms with van der Waals surface area (Å²) in [6.45, 7) is 3.80. The largest absolute Gasteiger partial charge is 1.00 e. The van der Waals surface area contributed by atoms with E-state index >= 15 is 0 Å². The molecular formula is C15H15NaO4S. The number of hydrogen-bond acceptors (Lipinski definition) is 4. The topological polar surface area (TPSA) is 66.4 Å². The van der Waals surface area contributed by atoms with Crippen LogP contribution in [0.2, 0.25) is 0 Å². The first kappa shape index (κ1) is 18.0. The molecular weight excluding hydrogens is 299 g/mol. The number of benzene rings is 2. The van der Waals surface area contributed by atoms with Gasteiger partial charge in [0.2, 0.25) is 9.84 Å². The molecule has 106 valence electrons. The monoisotopic (exact) mass is 314 g/mol.